The molecule has 2 aromatic heterocycles. The molecule has 0 radical (unpaired) electrons. The van der Waals surface area contributed by atoms with E-state index in [0.29, 0.717) is 18.5 Å². The Labute approximate surface area is 154 Å². The van der Waals surface area contributed by atoms with E-state index in [9.17, 15) is 9.59 Å². The van der Waals surface area contributed by atoms with Crippen LogP contribution in [0.3, 0.4) is 0 Å². The number of nitrogens with one attached hydrogen (secondary N) is 2. The number of amides is 1. The lowest BCUT2D eigenvalue weighted by molar-refractivity contribution is 0.0951. The number of carbonyl (C=O) groups is 1. The van der Waals surface area contributed by atoms with Crippen LogP contribution in [0.5, 0.6) is 0 Å². The molecule has 0 aliphatic carbocycles. The Morgan fingerprint density at radius 1 is 1.35 bits per heavy atom. The molecule has 1 unspecified atom stereocenters. The van der Waals surface area contributed by atoms with E-state index in [1.165, 1.54) is 0 Å². The maximum Gasteiger partial charge on any atom is 0.263 e. The minimum atomic E-state index is -0.322. The average Bonchev–Trinajstić information content (AvgIpc) is 2.86. The molecule has 2 N–H and O–H groups in total. The van der Waals surface area contributed by atoms with E-state index < -0.39 is 0 Å². The zero-order valence-corrected chi connectivity index (χ0v) is 16.5. The van der Waals surface area contributed by atoms with Crippen LogP contribution >= 0.6 is 0 Å². The fourth-order valence-electron chi connectivity index (χ4n) is 3.21. The van der Waals surface area contributed by atoms with E-state index in [-0.39, 0.29) is 23.1 Å². The number of likely N-dealkylation sites (N-methyl/N-ethyl adjacent to an activating group) is 1. The molecule has 2 rings (SSSR count). The van der Waals surface area contributed by atoms with Crippen LogP contribution in [0.25, 0.3) is 0 Å². The molecule has 0 spiro atoms. The minimum Gasteiger partial charge on any atom is -0.352 e. The number of carbonyl (C=O) groups excluding carboxylic acids is 1. The summed E-state index contributed by atoms with van der Waals surface area (Å²) in [7, 11) is 3.92. The van der Waals surface area contributed by atoms with Gasteiger partial charge in [0, 0.05) is 31.0 Å². The smallest absolute Gasteiger partial charge is 0.263 e. The van der Waals surface area contributed by atoms with Crippen molar-refractivity contribution in [2.75, 3.05) is 27.2 Å². The standard InChI is InChI=1S/C19H29N5O2/c1-12-8-10-24(13(2)11-23(5)6)19(26)17(12)18(25)20-9-7-16-14(3)21-22-15(16)4/h8,10,13H,7,9,11H2,1-6H3,(H,20,25)(H,21,22). The summed E-state index contributed by atoms with van der Waals surface area (Å²) in [5, 5.41) is 9.98. The molecule has 0 saturated heterocycles. The summed E-state index contributed by atoms with van der Waals surface area (Å²) in [5.41, 5.74) is 3.72. The van der Waals surface area contributed by atoms with Crippen molar-refractivity contribution in [1.29, 1.82) is 0 Å². The third-order valence-electron chi connectivity index (χ3n) is 4.60. The van der Waals surface area contributed by atoms with Gasteiger partial charge in [-0.05, 0) is 65.4 Å². The molecule has 26 heavy (non-hydrogen) atoms. The molecule has 2 aromatic rings. The fourth-order valence-corrected chi connectivity index (χ4v) is 3.21. The molecular weight excluding hydrogens is 330 g/mol. The molecule has 0 bridgehead atoms. The summed E-state index contributed by atoms with van der Waals surface area (Å²) in [6, 6.07) is 1.81. The highest BCUT2D eigenvalue weighted by atomic mass is 16.2. The van der Waals surface area contributed by atoms with Crippen molar-refractivity contribution in [3.05, 3.63) is 50.7 Å². The van der Waals surface area contributed by atoms with E-state index >= 15 is 0 Å². The van der Waals surface area contributed by atoms with E-state index in [1.54, 1.807) is 17.7 Å². The molecule has 0 aliphatic heterocycles. The SMILES string of the molecule is Cc1ccn(C(C)CN(C)C)c(=O)c1C(=O)NCCc1c(C)n[nH]c1C. The molecule has 0 aromatic carbocycles. The summed E-state index contributed by atoms with van der Waals surface area (Å²) < 4.78 is 1.63. The molecule has 7 nitrogen and oxygen atoms in total. The molecule has 1 atom stereocenters. The molecule has 7 heteroatoms. The van der Waals surface area contributed by atoms with Crippen LogP contribution in [0.1, 0.15) is 45.8 Å². The fraction of sp³-hybridized carbons (Fsp3) is 0.526. The van der Waals surface area contributed by atoms with Crippen molar-refractivity contribution in [3.8, 4) is 0 Å². The lowest BCUT2D eigenvalue weighted by atomic mass is 10.1. The highest BCUT2D eigenvalue weighted by molar-refractivity contribution is 5.95. The second-order valence-electron chi connectivity index (χ2n) is 7.12. The normalized spacial score (nSPS) is 12.4. The number of rotatable bonds is 7. The lowest BCUT2D eigenvalue weighted by Gasteiger charge is -2.20. The Morgan fingerprint density at radius 3 is 2.62 bits per heavy atom. The third-order valence-corrected chi connectivity index (χ3v) is 4.60. The van der Waals surface area contributed by atoms with Gasteiger partial charge in [-0.3, -0.25) is 14.7 Å². The van der Waals surface area contributed by atoms with E-state index in [0.717, 1.165) is 23.5 Å². The van der Waals surface area contributed by atoms with E-state index in [1.807, 2.05) is 45.8 Å². The van der Waals surface area contributed by atoms with Crippen molar-refractivity contribution in [3.63, 3.8) is 0 Å². The maximum absolute atomic E-state index is 12.8. The summed E-state index contributed by atoms with van der Waals surface area (Å²) in [6.07, 6.45) is 2.44. The number of aryl methyl sites for hydroxylation is 3. The minimum absolute atomic E-state index is 0.0131. The summed E-state index contributed by atoms with van der Waals surface area (Å²) >= 11 is 0. The van der Waals surface area contributed by atoms with Gasteiger partial charge in [0.05, 0.1) is 5.69 Å². The Morgan fingerprint density at radius 2 is 2.04 bits per heavy atom. The average molecular weight is 359 g/mol. The molecule has 0 saturated carbocycles. The van der Waals surface area contributed by atoms with Gasteiger partial charge in [0.2, 0.25) is 0 Å². The Hall–Kier alpha value is -2.41. The number of pyridine rings is 1. The molecular formula is C19H29N5O2. The van der Waals surface area contributed by atoms with Crippen LogP contribution in [0.2, 0.25) is 0 Å². The third kappa shape index (κ3) is 4.40. The van der Waals surface area contributed by atoms with E-state index in [4.69, 9.17) is 0 Å². The topological polar surface area (TPSA) is 83.0 Å². The van der Waals surface area contributed by atoms with Crippen molar-refractivity contribution >= 4 is 5.91 Å². The number of aromatic nitrogens is 3. The van der Waals surface area contributed by atoms with E-state index in [2.05, 4.69) is 15.5 Å². The summed E-state index contributed by atoms with van der Waals surface area (Å²) in [5.74, 6) is -0.322. The van der Waals surface area contributed by atoms with Gasteiger partial charge in [0.25, 0.3) is 11.5 Å². The summed E-state index contributed by atoms with van der Waals surface area (Å²) in [6.45, 7) is 8.85. The lowest BCUT2D eigenvalue weighted by Crippen LogP contribution is -2.37. The molecule has 0 aliphatic rings. The highest BCUT2D eigenvalue weighted by Gasteiger charge is 2.18. The van der Waals surface area contributed by atoms with Gasteiger partial charge in [0.15, 0.2) is 0 Å². The molecule has 2 heterocycles. The number of aromatic amines is 1. The quantitative estimate of drug-likeness (QED) is 0.786. The van der Waals surface area contributed by atoms with Crippen LogP contribution in [0.4, 0.5) is 0 Å². The first-order valence-electron chi connectivity index (χ1n) is 8.87. The first-order chi connectivity index (χ1) is 12.2. The van der Waals surface area contributed by atoms with Gasteiger partial charge in [-0.15, -0.1) is 0 Å². The van der Waals surface area contributed by atoms with Gasteiger partial charge < -0.3 is 14.8 Å². The van der Waals surface area contributed by atoms with Gasteiger partial charge in [-0.25, -0.2) is 0 Å². The first kappa shape index (κ1) is 19.9. The van der Waals surface area contributed by atoms with Crippen molar-refractivity contribution in [2.45, 2.75) is 40.2 Å². The Kier molecular flexibility index (Phi) is 6.37. The van der Waals surface area contributed by atoms with Gasteiger partial charge >= 0.3 is 0 Å². The highest BCUT2D eigenvalue weighted by Crippen LogP contribution is 2.10. The largest absolute Gasteiger partial charge is 0.352 e. The molecule has 142 valence electrons. The first-order valence-corrected chi connectivity index (χ1v) is 8.87. The van der Waals surface area contributed by atoms with Crippen molar-refractivity contribution in [2.24, 2.45) is 0 Å². The predicted molar refractivity (Wildman–Crippen MR) is 103 cm³/mol. The van der Waals surface area contributed by atoms with Gasteiger partial charge in [-0.2, -0.15) is 5.10 Å². The van der Waals surface area contributed by atoms with Crippen LogP contribution in [0.15, 0.2) is 17.1 Å². The Balaban J connectivity index is 2.14. The molecule has 1 amide bonds. The van der Waals surface area contributed by atoms with Crippen molar-refractivity contribution in [1.82, 2.24) is 25.0 Å². The Bertz CT molecular complexity index is 815. The zero-order chi connectivity index (χ0) is 19.4. The maximum atomic E-state index is 12.8. The monoisotopic (exact) mass is 359 g/mol. The second kappa shape index (κ2) is 8.31. The second-order valence-corrected chi connectivity index (χ2v) is 7.12. The number of hydrogen-bond acceptors (Lipinski definition) is 4. The molecule has 0 fully saturated rings. The van der Waals surface area contributed by atoms with Gasteiger partial charge in [0.1, 0.15) is 5.56 Å². The van der Waals surface area contributed by atoms with Crippen LogP contribution in [0, 0.1) is 20.8 Å². The number of H-pyrrole nitrogens is 1. The van der Waals surface area contributed by atoms with Crippen LogP contribution in [-0.4, -0.2) is 52.8 Å². The zero-order valence-electron chi connectivity index (χ0n) is 16.5. The van der Waals surface area contributed by atoms with Crippen LogP contribution < -0.4 is 10.9 Å². The van der Waals surface area contributed by atoms with Gasteiger partial charge in [-0.1, -0.05) is 0 Å². The summed E-state index contributed by atoms with van der Waals surface area (Å²) in [4.78, 5) is 27.5. The van der Waals surface area contributed by atoms with Crippen molar-refractivity contribution < 1.29 is 4.79 Å². The van der Waals surface area contributed by atoms with Crippen LogP contribution in [-0.2, 0) is 6.42 Å². The predicted octanol–water partition coefficient (Wildman–Crippen LogP) is 1.59. The number of nitrogens with zero attached hydrogens (tertiary/aromatic N) is 3. The number of hydrogen-bond donors (Lipinski definition) is 2.